The van der Waals surface area contributed by atoms with Crippen LogP contribution in [0.25, 0.3) is 0 Å². The van der Waals surface area contributed by atoms with E-state index < -0.39 is 18.5 Å². The highest BCUT2D eigenvalue weighted by Crippen LogP contribution is 2.35. The van der Waals surface area contributed by atoms with Gasteiger partial charge in [-0.3, -0.25) is 4.79 Å². The second kappa shape index (κ2) is 12.8. The van der Waals surface area contributed by atoms with Gasteiger partial charge >= 0.3 is 11.9 Å². The van der Waals surface area contributed by atoms with Crippen molar-refractivity contribution in [1.29, 1.82) is 0 Å². The molecule has 0 bridgehead atoms. The van der Waals surface area contributed by atoms with Gasteiger partial charge in [-0.1, -0.05) is 27.2 Å². The number of amides is 1. The molecule has 9 nitrogen and oxygen atoms in total. The number of carbonyl (C=O) groups excluding carboxylic acids is 3. The van der Waals surface area contributed by atoms with E-state index in [0.717, 1.165) is 19.3 Å². The second-order valence-corrected chi connectivity index (χ2v) is 9.58. The molecule has 1 amide bonds. The molecule has 2 aliphatic rings. The minimum atomic E-state index is -0.673. The largest absolute Gasteiger partial charge is 0.493 e. The highest BCUT2D eigenvalue weighted by Gasteiger charge is 2.33. The van der Waals surface area contributed by atoms with E-state index in [1.165, 1.54) is 25.3 Å². The van der Waals surface area contributed by atoms with Gasteiger partial charge in [0, 0.05) is 13.1 Å². The zero-order valence-electron chi connectivity index (χ0n) is 21.1. The average Bonchev–Trinajstić information content (AvgIpc) is 2.86. The third kappa shape index (κ3) is 7.59. The molecule has 3 rings (SSSR count). The first-order valence-electron chi connectivity index (χ1n) is 12.3. The van der Waals surface area contributed by atoms with Crippen molar-refractivity contribution in [3.8, 4) is 11.5 Å². The van der Waals surface area contributed by atoms with Gasteiger partial charge in [0.25, 0.3) is 5.91 Å². The number of ether oxygens (including phenoxy) is 5. The van der Waals surface area contributed by atoms with Gasteiger partial charge in [-0.2, -0.15) is 0 Å². The van der Waals surface area contributed by atoms with E-state index in [4.69, 9.17) is 23.7 Å². The Morgan fingerprint density at radius 2 is 1.83 bits per heavy atom. The van der Waals surface area contributed by atoms with Crippen LogP contribution >= 0.6 is 0 Å². The molecule has 2 fully saturated rings. The van der Waals surface area contributed by atoms with Crippen LogP contribution in [0.2, 0.25) is 0 Å². The topological polar surface area (TPSA) is 101 Å². The molecule has 1 heterocycles. The monoisotopic (exact) mass is 491 g/mol. The zero-order chi connectivity index (χ0) is 25.4. The Kier molecular flexibility index (Phi) is 9.77. The number of benzene rings is 1. The molecule has 0 N–H and O–H groups in total. The maximum atomic E-state index is 12.5. The Balaban J connectivity index is 1.51. The highest BCUT2D eigenvalue weighted by molar-refractivity contribution is 5.91. The lowest BCUT2D eigenvalue weighted by atomic mass is 9.75. The third-order valence-corrected chi connectivity index (χ3v) is 6.68. The molecule has 1 aliphatic heterocycles. The van der Waals surface area contributed by atoms with Crippen molar-refractivity contribution < 1.29 is 38.1 Å². The number of morpholine rings is 1. The summed E-state index contributed by atoms with van der Waals surface area (Å²) in [5.41, 5.74) is 0.202. The standard InChI is InChI=1S/C26H37NO8/c1-17(2)20-7-5-18(3)13-22(20)35-25(29)16-34-26(30)19-6-8-21(23(14-19)31-4)33-15-24(28)27-9-11-32-12-10-27/h6,8,14,17-18,20,22H,5,7,9-13,15-16H2,1-4H3. The third-order valence-electron chi connectivity index (χ3n) is 6.68. The molecule has 3 unspecified atom stereocenters. The van der Waals surface area contributed by atoms with Crippen LogP contribution in [0.4, 0.5) is 0 Å². The fraction of sp³-hybridized carbons (Fsp3) is 0.654. The number of esters is 2. The van der Waals surface area contributed by atoms with Crippen LogP contribution in [0.5, 0.6) is 11.5 Å². The van der Waals surface area contributed by atoms with Crippen molar-refractivity contribution in [3.63, 3.8) is 0 Å². The molecule has 1 aromatic rings. The van der Waals surface area contributed by atoms with Gasteiger partial charge in [0.15, 0.2) is 24.7 Å². The Morgan fingerprint density at radius 3 is 2.51 bits per heavy atom. The molecular formula is C26H37NO8. The smallest absolute Gasteiger partial charge is 0.344 e. The second-order valence-electron chi connectivity index (χ2n) is 9.58. The molecule has 3 atom stereocenters. The van der Waals surface area contributed by atoms with Crippen LogP contribution in [0.3, 0.4) is 0 Å². The SMILES string of the molecule is COc1cc(C(=O)OCC(=O)OC2CC(C)CCC2C(C)C)ccc1OCC(=O)N1CCOCC1. The first-order valence-corrected chi connectivity index (χ1v) is 12.3. The summed E-state index contributed by atoms with van der Waals surface area (Å²) in [5.74, 6) is 0.486. The zero-order valence-corrected chi connectivity index (χ0v) is 21.1. The van der Waals surface area contributed by atoms with E-state index in [1.54, 1.807) is 4.90 Å². The molecule has 0 radical (unpaired) electrons. The number of hydrogen-bond donors (Lipinski definition) is 0. The normalized spacial score (nSPS) is 22.4. The molecule has 35 heavy (non-hydrogen) atoms. The molecule has 1 saturated heterocycles. The van der Waals surface area contributed by atoms with Crippen molar-refractivity contribution >= 4 is 17.8 Å². The van der Waals surface area contributed by atoms with Crippen molar-refractivity contribution in [3.05, 3.63) is 23.8 Å². The van der Waals surface area contributed by atoms with Crippen LogP contribution in [0.15, 0.2) is 18.2 Å². The van der Waals surface area contributed by atoms with E-state index in [9.17, 15) is 14.4 Å². The van der Waals surface area contributed by atoms with Crippen LogP contribution in [-0.4, -0.2) is 75.5 Å². The quantitative estimate of drug-likeness (QED) is 0.486. The van der Waals surface area contributed by atoms with E-state index in [-0.39, 0.29) is 29.9 Å². The molecule has 194 valence electrons. The number of methoxy groups -OCH3 is 1. The Morgan fingerprint density at radius 1 is 1.09 bits per heavy atom. The summed E-state index contributed by atoms with van der Waals surface area (Å²) in [6, 6.07) is 4.50. The Labute approximate surface area is 207 Å². The minimum absolute atomic E-state index is 0.149. The summed E-state index contributed by atoms with van der Waals surface area (Å²) in [5, 5.41) is 0. The molecule has 0 aromatic heterocycles. The summed E-state index contributed by atoms with van der Waals surface area (Å²) < 4.78 is 27.1. The van der Waals surface area contributed by atoms with Crippen molar-refractivity contribution in [2.75, 3.05) is 46.6 Å². The molecule has 1 aliphatic carbocycles. The first kappa shape index (κ1) is 26.8. The maximum absolute atomic E-state index is 12.5. The number of nitrogens with zero attached hydrogens (tertiary/aromatic N) is 1. The lowest BCUT2D eigenvalue weighted by Crippen LogP contribution is -2.43. The predicted octanol–water partition coefficient (Wildman–Crippen LogP) is 3.09. The summed E-state index contributed by atoms with van der Waals surface area (Å²) >= 11 is 0. The lowest BCUT2D eigenvalue weighted by molar-refractivity contribution is -0.159. The van der Waals surface area contributed by atoms with Crippen molar-refractivity contribution in [1.82, 2.24) is 4.90 Å². The molecule has 1 aromatic carbocycles. The van der Waals surface area contributed by atoms with E-state index >= 15 is 0 Å². The molecule has 0 spiro atoms. The lowest BCUT2D eigenvalue weighted by Gasteiger charge is -2.36. The predicted molar refractivity (Wildman–Crippen MR) is 127 cm³/mol. The first-order chi connectivity index (χ1) is 16.8. The van der Waals surface area contributed by atoms with E-state index in [2.05, 4.69) is 20.8 Å². The van der Waals surface area contributed by atoms with E-state index in [0.29, 0.717) is 49.8 Å². The van der Waals surface area contributed by atoms with Gasteiger partial charge in [0.2, 0.25) is 0 Å². The van der Waals surface area contributed by atoms with Gasteiger partial charge in [0.05, 0.1) is 25.9 Å². The fourth-order valence-electron chi connectivity index (χ4n) is 4.62. The van der Waals surface area contributed by atoms with Crippen molar-refractivity contribution in [2.45, 2.75) is 46.1 Å². The summed E-state index contributed by atoms with van der Waals surface area (Å²) in [6.07, 6.45) is 2.84. The molecular weight excluding hydrogens is 454 g/mol. The fourth-order valence-corrected chi connectivity index (χ4v) is 4.62. The van der Waals surface area contributed by atoms with E-state index in [1.807, 2.05) is 0 Å². The summed E-state index contributed by atoms with van der Waals surface area (Å²) in [7, 11) is 1.44. The minimum Gasteiger partial charge on any atom is -0.493 e. The number of hydrogen-bond acceptors (Lipinski definition) is 8. The van der Waals surface area contributed by atoms with Gasteiger partial charge in [-0.15, -0.1) is 0 Å². The van der Waals surface area contributed by atoms with Gasteiger partial charge in [0.1, 0.15) is 6.10 Å². The maximum Gasteiger partial charge on any atom is 0.344 e. The average molecular weight is 492 g/mol. The van der Waals surface area contributed by atoms with Gasteiger partial charge in [-0.05, 0) is 48.8 Å². The number of carbonyl (C=O) groups is 3. The Bertz CT molecular complexity index is 880. The summed E-state index contributed by atoms with van der Waals surface area (Å²) in [6.45, 7) is 7.93. The van der Waals surface area contributed by atoms with Gasteiger partial charge in [-0.25, -0.2) is 9.59 Å². The molecule has 1 saturated carbocycles. The van der Waals surface area contributed by atoms with Crippen LogP contribution < -0.4 is 9.47 Å². The highest BCUT2D eigenvalue weighted by atomic mass is 16.6. The van der Waals surface area contributed by atoms with Crippen LogP contribution in [0.1, 0.15) is 50.4 Å². The van der Waals surface area contributed by atoms with Crippen molar-refractivity contribution in [2.24, 2.45) is 17.8 Å². The number of rotatable bonds is 9. The molecule has 9 heteroatoms. The van der Waals surface area contributed by atoms with Gasteiger partial charge < -0.3 is 28.6 Å². The Hall–Kier alpha value is -2.81. The van der Waals surface area contributed by atoms with Crippen LogP contribution in [0, 0.1) is 17.8 Å². The van der Waals surface area contributed by atoms with Crippen LogP contribution in [-0.2, 0) is 23.8 Å². The summed E-state index contributed by atoms with van der Waals surface area (Å²) in [4.78, 5) is 38.9.